The molecule has 1 N–H and O–H groups in total. The predicted octanol–water partition coefficient (Wildman–Crippen LogP) is 1.48. The summed E-state index contributed by atoms with van der Waals surface area (Å²) in [5.74, 6) is 0. The van der Waals surface area contributed by atoms with Crippen molar-refractivity contribution in [1.82, 2.24) is 20.0 Å². The van der Waals surface area contributed by atoms with Gasteiger partial charge in [0.2, 0.25) is 0 Å². The molecule has 0 spiro atoms. The summed E-state index contributed by atoms with van der Waals surface area (Å²) < 4.78 is 39.1. The van der Waals surface area contributed by atoms with Gasteiger partial charge in [-0.05, 0) is 33.6 Å². The first-order valence-electron chi connectivity index (χ1n) is 5.76. The molecule has 0 aliphatic carbocycles. The molecule has 0 aliphatic heterocycles. The maximum absolute atomic E-state index is 12.7. The van der Waals surface area contributed by atoms with E-state index in [0.717, 1.165) is 17.6 Å². The fourth-order valence-corrected chi connectivity index (χ4v) is 1.72. The summed E-state index contributed by atoms with van der Waals surface area (Å²) in [7, 11) is 5.23. The van der Waals surface area contributed by atoms with Crippen LogP contribution in [-0.4, -0.2) is 41.9 Å². The molecule has 0 fully saturated rings. The predicted molar refractivity (Wildman–Crippen MR) is 63.1 cm³/mol. The molecule has 0 radical (unpaired) electrons. The normalized spacial score (nSPS) is 12.4. The van der Waals surface area contributed by atoms with Crippen LogP contribution in [0.15, 0.2) is 6.20 Å². The third kappa shape index (κ3) is 4.30. The molecule has 0 amide bonds. The van der Waals surface area contributed by atoms with E-state index < -0.39 is 11.9 Å². The van der Waals surface area contributed by atoms with Gasteiger partial charge in [-0.3, -0.25) is 4.68 Å². The van der Waals surface area contributed by atoms with Crippen molar-refractivity contribution in [2.24, 2.45) is 7.05 Å². The molecule has 0 aliphatic rings. The summed E-state index contributed by atoms with van der Waals surface area (Å²) >= 11 is 0. The molecular weight excluding hydrogens is 245 g/mol. The number of aromatic nitrogens is 2. The van der Waals surface area contributed by atoms with E-state index in [1.54, 1.807) is 0 Å². The highest BCUT2D eigenvalue weighted by Crippen LogP contribution is 2.31. The summed E-state index contributed by atoms with van der Waals surface area (Å²) in [5.41, 5.74) is -0.488. The zero-order chi connectivity index (χ0) is 13.8. The number of hydrogen-bond donors (Lipinski definition) is 1. The molecule has 0 saturated heterocycles. The second-order valence-corrected chi connectivity index (χ2v) is 4.47. The molecule has 4 nitrogen and oxygen atoms in total. The van der Waals surface area contributed by atoms with Crippen LogP contribution in [0.25, 0.3) is 0 Å². The van der Waals surface area contributed by atoms with Crippen molar-refractivity contribution in [3.8, 4) is 0 Å². The second kappa shape index (κ2) is 6.19. The van der Waals surface area contributed by atoms with E-state index in [-0.39, 0.29) is 12.1 Å². The molecule has 0 atom stereocenters. The fraction of sp³-hybridized carbons (Fsp3) is 0.727. The van der Waals surface area contributed by atoms with Crippen LogP contribution in [0.3, 0.4) is 0 Å². The van der Waals surface area contributed by atoms with Gasteiger partial charge in [0.15, 0.2) is 0 Å². The number of nitrogens with zero attached hydrogens (tertiary/aromatic N) is 3. The zero-order valence-electron chi connectivity index (χ0n) is 10.9. The van der Waals surface area contributed by atoms with Gasteiger partial charge < -0.3 is 10.2 Å². The standard InChI is InChI=1S/C11H19F3N4/c1-17(2)6-4-5-15-7-9-8-16-18(3)10(9)11(12,13)14/h8,15H,4-7H2,1-3H3. The number of hydrogen-bond acceptors (Lipinski definition) is 3. The summed E-state index contributed by atoms with van der Waals surface area (Å²) in [6.07, 6.45) is -2.19. The first-order chi connectivity index (χ1) is 8.32. The highest BCUT2D eigenvalue weighted by Gasteiger charge is 2.36. The Labute approximate surface area is 105 Å². The zero-order valence-corrected chi connectivity index (χ0v) is 10.9. The lowest BCUT2D eigenvalue weighted by atomic mass is 10.2. The van der Waals surface area contributed by atoms with E-state index in [9.17, 15) is 13.2 Å². The van der Waals surface area contributed by atoms with E-state index in [1.807, 2.05) is 19.0 Å². The van der Waals surface area contributed by atoms with Crippen molar-refractivity contribution in [2.45, 2.75) is 19.1 Å². The lowest BCUT2D eigenvalue weighted by Crippen LogP contribution is -2.22. The van der Waals surface area contributed by atoms with Crippen LogP contribution in [0.4, 0.5) is 13.2 Å². The second-order valence-electron chi connectivity index (χ2n) is 4.47. The van der Waals surface area contributed by atoms with Gasteiger partial charge in [0.1, 0.15) is 5.69 Å². The molecule has 1 heterocycles. The Kier molecular flexibility index (Phi) is 5.15. The van der Waals surface area contributed by atoms with Crippen LogP contribution >= 0.6 is 0 Å². The smallest absolute Gasteiger partial charge is 0.312 e. The highest BCUT2D eigenvalue weighted by atomic mass is 19.4. The molecule has 104 valence electrons. The van der Waals surface area contributed by atoms with Crippen LogP contribution in [0.1, 0.15) is 17.7 Å². The number of alkyl halides is 3. The van der Waals surface area contributed by atoms with E-state index in [1.165, 1.54) is 13.2 Å². The Balaban J connectivity index is 2.48. The summed E-state index contributed by atoms with van der Waals surface area (Å²) in [6, 6.07) is 0. The largest absolute Gasteiger partial charge is 0.433 e. The van der Waals surface area contributed by atoms with Crippen LogP contribution in [-0.2, 0) is 19.8 Å². The third-order valence-corrected chi connectivity index (χ3v) is 2.56. The van der Waals surface area contributed by atoms with Crippen molar-refractivity contribution in [3.63, 3.8) is 0 Å². The fourth-order valence-electron chi connectivity index (χ4n) is 1.72. The molecule has 18 heavy (non-hydrogen) atoms. The van der Waals surface area contributed by atoms with E-state index in [0.29, 0.717) is 6.54 Å². The van der Waals surface area contributed by atoms with E-state index in [4.69, 9.17) is 0 Å². The van der Waals surface area contributed by atoms with Crippen LogP contribution in [0, 0.1) is 0 Å². The number of halogens is 3. The molecule has 0 unspecified atom stereocenters. The Bertz CT molecular complexity index is 371. The summed E-state index contributed by atoms with van der Waals surface area (Å²) in [6.45, 7) is 1.78. The minimum atomic E-state index is -4.36. The number of rotatable bonds is 6. The van der Waals surface area contributed by atoms with Gasteiger partial charge in [0.25, 0.3) is 0 Å². The molecule has 1 aromatic rings. The average molecular weight is 264 g/mol. The van der Waals surface area contributed by atoms with Crippen LogP contribution in [0.2, 0.25) is 0 Å². The average Bonchev–Trinajstić information content (AvgIpc) is 2.58. The van der Waals surface area contributed by atoms with E-state index >= 15 is 0 Å². The van der Waals surface area contributed by atoms with Crippen molar-refractivity contribution in [2.75, 3.05) is 27.2 Å². The van der Waals surface area contributed by atoms with Gasteiger partial charge in [-0.15, -0.1) is 0 Å². The molecule has 0 saturated carbocycles. The maximum Gasteiger partial charge on any atom is 0.433 e. The summed E-state index contributed by atoms with van der Waals surface area (Å²) in [4.78, 5) is 2.03. The van der Waals surface area contributed by atoms with Crippen LogP contribution < -0.4 is 5.32 Å². The van der Waals surface area contributed by atoms with Gasteiger partial charge in [0, 0.05) is 19.2 Å². The lowest BCUT2D eigenvalue weighted by Gasteiger charge is -2.11. The Morgan fingerprint density at radius 3 is 2.61 bits per heavy atom. The SMILES string of the molecule is CN(C)CCCNCc1cnn(C)c1C(F)(F)F. The molecule has 0 bridgehead atoms. The van der Waals surface area contributed by atoms with Crippen LogP contribution in [0.5, 0.6) is 0 Å². The molecular formula is C11H19F3N4. The van der Waals surface area contributed by atoms with Crippen molar-refractivity contribution < 1.29 is 13.2 Å². The minimum Gasteiger partial charge on any atom is -0.312 e. The Morgan fingerprint density at radius 2 is 2.06 bits per heavy atom. The van der Waals surface area contributed by atoms with E-state index in [2.05, 4.69) is 10.4 Å². The van der Waals surface area contributed by atoms with Gasteiger partial charge in [0.05, 0.1) is 6.20 Å². The monoisotopic (exact) mass is 264 g/mol. The molecule has 7 heteroatoms. The van der Waals surface area contributed by atoms with Gasteiger partial charge >= 0.3 is 6.18 Å². The van der Waals surface area contributed by atoms with Gasteiger partial charge in [-0.25, -0.2) is 0 Å². The Hall–Kier alpha value is -1.08. The minimum absolute atomic E-state index is 0.190. The topological polar surface area (TPSA) is 33.1 Å². The molecule has 1 aromatic heterocycles. The first kappa shape index (κ1) is 15.0. The Morgan fingerprint density at radius 1 is 1.39 bits per heavy atom. The number of nitrogens with one attached hydrogen (secondary N) is 1. The van der Waals surface area contributed by atoms with Gasteiger partial charge in [-0.2, -0.15) is 18.3 Å². The number of aryl methyl sites for hydroxylation is 1. The van der Waals surface area contributed by atoms with Crippen molar-refractivity contribution in [3.05, 3.63) is 17.5 Å². The molecule has 0 aromatic carbocycles. The first-order valence-corrected chi connectivity index (χ1v) is 5.76. The quantitative estimate of drug-likeness (QED) is 0.790. The van der Waals surface area contributed by atoms with Gasteiger partial charge in [-0.1, -0.05) is 0 Å². The van der Waals surface area contributed by atoms with Crippen molar-refractivity contribution >= 4 is 0 Å². The summed E-state index contributed by atoms with van der Waals surface area (Å²) in [5, 5.41) is 6.66. The molecule has 1 rings (SSSR count). The maximum atomic E-state index is 12.7. The van der Waals surface area contributed by atoms with Crippen molar-refractivity contribution in [1.29, 1.82) is 0 Å². The third-order valence-electron chi connectivity index (χ3n) is 2.56. The highest BCUT2D eigenvalue weighted by molar-refractivity contribution is 5.20. The lowest BCUT2D eigenvalue weighted by molar-refractivity contribution is -0.144.